The summed E-state index contributed by atoms with van der Waals surface area (Å²) in [6.45, 7) is 0.741. The molecule has 0 amide bonds. The van der Waals surface area contributed by atoms with Crippen molar-refractivity contribution < 1.29 is 0 Å². The number of hydrogen-bond donors (Lipinski definition) is 1. The monoisotopic (exact) mass is 302 g/mol. The van der Waals surface area contributed by atoms with Crippen LogP contribution in [-0.2, 0) is 6.54 Å². The standard InChI is InChI=1S/C10H8BrClN2S/c11-8-4-2-1-3-7(8)5-13-10-14-9(12)6-15-10/h1-4,6H,5H2,(H,13,14). The van der Waals surface area contributed by atoms with E-state index in [0.717, 1.165) is 16.1 Å². The highest BCUT2D eigenvalue weighted by Crippen LogP contribution is 2.21. The summed E-state index contributed by atoms with van der Waals surface area (Å²) >= 11 is 10.7. The summed E-state index contributed by atoms with van der Waals surface area (Å²) in [5.74, 6) is 0. The summed E-state index contributed by atoms with van der Waals surface area (Å²) in [7, 11) is 0. The zero-order valence-electron chi connectivity index (χ0n) is 7.71. The molecule has 0 bridgehead atoms. The Balaban J connectivity index is 2.02. The second kappa shape index (κ2) is 4.96. The molecule has 2 aromatic rings. The van der Waals surface area contributed by atoms with Crippen LogP contribution in [-0.4, -0.2) is 4.98 Å². The van der Waals surface area contributed by atoms with E-state index in [1.165, 1.54) is 16.9 Å². The average Bonchev–Trinajstić information content (AvgIpc) is 2.63. The van der Waals surface area contributed by atoms with Crippen molar-refractivity contribution in [3.8, 4) is 0 Å². The SMILES string of the molecule is Clc1csc(NCc2ccccc2Br)n1. The Kier molecular flexibility index (Phi) is 3.61. The number of nitrogens with zero attached hydrogens (tertiary/aromatic N) is 1. The smallest absolute Gasteiger partial charge is 0.184 e. The van der Waals surface area contributed by atoms with Gasteiger partial charge in [0.05, 0.1) is 0 Å². The van der Waals surface area contributed by atoms with Crippen LogP contribution in [0.2, 0.25) is 5.15 Å². The number of benzene rings is 1. The molecule has 0 atom stereocenters. The Bertz CT molecular complexity index is 458. The second-order valence-electron chi connectivity index (χ2n) is 2.92. The summed E-state index contributed by atoms with van der Waals surface area (Å²) in [5.41, 5.74) is 1.20. The molecule has 1 N–H and O–H groups in total. The first-order chi connectivity index (χ1) is 7.25. The minimum absolute atomic E-state index is 0.537. The van der Waals surface area contributed by atoms with Crippen LogP contribution < -0.4 is 5.32 Å². The van der Waals surface area contributed by atoms with Gasteiger partial charge in [-0.1, -0.05) is 45.7 Å². The molecule has 2 nitrogen and oxygen atoms in total. The lowest BCUT2D eigenvalue weighted by Crippen LogP contribution is -1.99. The summed E-state index contributed by atoms with van der Waals surface area (Å²) in [4.78, 5) is 4.11. The molecule has 0 fully saturated rings. The summed E-state index contributed by atoms with van der Waals surface area (Å²) in [6.07, 6.45) is 0. The molecule has 0 aliphatic rings. The maximum absolute atomic E-state index is 5.72. The summed E-state index contributed by atoms with van der Waals surface area (Å²) in [6, 6.07) is 8.09. The van der Waals surface area contributed by atoms with Gasteiger partial charge in [-0.15, -0.1) is 11.3 Å². The molecule has 0 saturated carbocycles. The molecular weight excluding hydrogens is 296 g/mol. The van der Waals surface area contributed by atoms with E-state index in [9.17, 15) is 0 Å². The molecular formula is C10H8BrClN2S. The van der Waals surface area contributed by atoms with Crippen molar-refractivity contribution in [1.82, 2.24) is 4.98 Å². The quantitative estimate of drug-likeness (QED) is 0.920. The molecule has 2 rings (SSSR count). The third-order valence-corrected chi connectivity index (χ3v) is 3.76. The first-order valence-electron chi connectivity index (χ1n) is 4.34. The van der Waals surface area contributed by atoms with Gasteiger partial charge in [0.2, 0.25) is 0 Å². The fourth-order valence-electron chi connectivity index (χ4n) is 1.15. The fraction of sp³-hybridized carbons (Fsp3) is 0.100. The van der Waals surface area contributed by atoms with Crippen LogP contribution >= 0.6 is 38.9 Å². The van der Waals surface area contributed by atoms with Crippen LogP contribution in [0.4, 0.5) is 5.13 Å². The highest BCUT2D eigenvalue weighted by atomic mass is 79.9. The normalized spacial score (nSPS) is 10.3. The van der Waals surface area contributed by atoms with Gasteiger partial charge in [-0.05, 0) is 11.6 Å². The van der Waals surface area contributed by atoms with Gasteiger partial charge in [-0.2, -0.15) is 0 Å². The molecule has 78 valence electrons. The molecule has 0 spiro atoms. The minimum Gasteiger partial charge on any atom is -0.357 e. The Labute approximate surface area is 105 Å². The molecule has 0 radical (unpaired) electrons. The van der Waals surface area contributed by atoms with Crippen molar-refractivity contribution in [3.63, 3.8) is 0 Å². The van der Waals surface area contributed by atoms with Crippen molar-refractivity contribution in [2.24, 2.45) is 0 Å². The van der Waals surface area contributed by atoms with Crippen LogP contribution in [0.1, 0.15) is 5.56 Å². The van der Waals surface area contributed by atoms with E-state index < -0.39 is 0 Å². The predicted molar refractivity (Wildman–Crippen MR) is 68.6 cm³/mol. The van der Waals surface area contributed by atoms with E-state index in [2.05, 4.69) is 32.3 Å². The van der Waals surface area contributed by atoms with Gasteiger partial charge in [-0.25, -0.2) is 4.98 Å². The lowest BCUT2D eigenvalue weighted by molar-refractivity contribution is 1.12. The molecule has 1 aromatic carbocycles. The topological polar surface area (TPSA) is 24.9 Å². The Morgan fingerprint density at radius 1 is 1.40 bits per heavy atom. The van der Waals surface area contributed by atoms with E-state index >= 15 is 0 Å². The van der Waals surface area contributed by atoms with Crippen molar-refractivity contribution in [2.75, 3.05) is 5.32 Å². The van der Waals surface area contributed by atoms with E-state index in [1.807, 2.05) is 23.6 Å². The molecule has 5 heteroatoms. The Hall–Kier alpha value is -0.580. The first kappa shape index (κ1) is 10.9. The van der Waals surface area contributed by atoms with Crippen LogP contribution in [0.15, 0.2) is 34.1 Å². The van der Waals surface area contributed by atoms with Crippen LogP contribution in [0.5, 0.6) is 0 Å². The molecule has 15 heavy (non-hydrogen) atoms. The largest absolute Gasteiger partial charge is 0.357 e. The van der Waals surface area contributed by atoms with Crippen LogP contribution in [0.3, 0.4) is 0 Å². The van der Waals surface area contributed by atoms with Crippen molar-refractivity contribution in [3.05, 3.63) is 44.8 Å². The van der Waals surface area contributed by atoms with E-state index in [-0.39, 0.29) is 0 Å². The zero-order chi connectivity index (χ0) is 10.7. The van der Waals surface area contributed by atoms with E-state index in [1.54, 1.807) is 0 Å². The van der Waals surface area contributed by atoms with Crippen molar-refractivity contribution in [1.29, 1.82) is 0 Å². The lowest BCUT2D eigenvalue weighted by atomic mass is 10.2. The lowest BCUT2D eigenvalue weighted by Gasteiger charge is -2.04. The van der Waals surface area contributed by atoms with Gasteiger partial charge in [0.1, 0.15) is 5.15 Å². The van der Waals surface area contributed by atoms with Gasteiger partial charge >= 0.3 is 0 Å². The molecule has 0 saturated heterocycles. The van der Waals surface area contributed by atoms with Crippen LogP contribution in [0, 0.1) is 0 Å². The molecule has 0 aliphatic carbocycles. The maximum Gasteiger partial charge on any atom is 0.184 e. The maximum atomic E-state index is 5.72. The highest BCUT2D eigenvalue weighted by Gasteiger charge is 2.01. The average molecular weight is 304 g/mol. The van der Waals surface area contributed by atoms with Gasteiger partial charge < -0.3 is 5.32 Å². The number of thiazole rings is 1. The van der Waals surface area contributed by atoms with E-state index in [4.69, 9.17) is 11.6 Å². The third kappa shape index (κ3) is 2.93. The van der Waals surface area contributed by atoms with E-state index in [0.29, 0.717) is 5.15 Å². The number of nitrogens with one attached hydrogen (secondary N) is 1. The molecule has 0 unspecified atom stereocenters. The second-order valence-corrected chi connectivity index (χ2v) is 5.02. The minimum atomic E-state index is 0.537. The summed E-state index contributed by atoms with van der Waals surface area (Å²) in [5, 5.41) is 6.40. The number of rotatable bonds is 3. The Morgan fingerprint density at radius 3 is 2.87 bits per heavy atom. The Morgan fingerprint density at radius 2 is 2.20 bits per heavy atom. The van der Waals surface area contributed by atoms with Gasteiger partial charge in [0.25, 0.3) is 0 Å². The third-order valence-electron chi connectivity index (χ3n) is 1.86. The molecule has 0 aliphatic heterocycles. The van der Waals surface area contributed by atoms with Gasteiger partial charge in [-0.3, -0.25) is 0 Å². The fourth-order valence-corrected chi connectivity index (χ4v) is 2.41. The van der Waals surface area contributed by atoms with Gasteiger partial charge in [0.15, 0.2) is 5.13 Å². The number of halogens is 2. The number of anilines is 1. The van der Waals surface area contributed by atoms with Crippen molar-refractivity contribution >= 4 is 44.0 Å². The molecule has 1 aromatic heterocycles. The van der Waals surface area contributed by atoms with Crippen molar-refractivity contribution in [2.45, 2.75) is 6.54 Å². The predicted octanol–water partition coefficient (Wildman–Crippen LogP) is 4.17. The zero-order valence-corrected chi connectivity index (χ0v) is 10.9. The first-order valence-corrected chi connectivity index (χ1v) is 6.39. The number of hydrogen-bond acceptors (Lipinski definition) is 3. The molecule has 1 heterocycles. The van der Waals surface area contributed by atoms with Crippen LogP contribution in [0.25, 0.3) is 0 Å². The van der Waals surface area contributed by atoms with Gasteiger partial charge in [0, 0.05) is 16.4 Å². The number of aromatic nitrogens is 1. The highest BCUT2D eigenvalue weighted by molar-refractivity contribution is 9.10. The summed E-state index contributed by atoms with van der Waals surface area (Å²) < 4.78 is 1.10.